The third kappa shape index (κ3) is 2.28. The van der Waals surface area contributed by atoms with E-state index in [9.17, 15) is 5.11 Å². The van der Waals surface area contributed by atoms with Gasteiger partial charge in [-0.2, -0.15) is 0 Å². The summed E-state index contributed by atoms with van der Waals surface area (Å²) in [4.78, 5) is 2.41. The van der Waals surface area contributed by atoms with E-state index in [0.717, 1.165) is 18.5 Å². The molecule has 1 saturated heterocycles. The lowest BCUT2D eigenvalue weighted by molar-refractivity contribution is 0.0571. The maximum atomic E-state index is 10.4. The molecule has 88 valence electrons. The van der Waals surface area contributed by atoms with Gasteiger partial charge in [0.2, 0.25) is 0 Å². The second kappa shape index (κ2) is 4.98. The van der Waals surface area contributed by atoms with Gasteiger partial charge >= 0.3 is 0 Å². The Labute approximate surface area is 97.9 Å². The Bertz CT molecular complexity index is 323. The number of likely N-dealkylation sites (tertiary alicyclic amines) is 1. The Balaban J connectivity index is 2.12. The van der Waals surface area contributed by atoms with Crippen LogP contribution in [0.3, 0.4) is 0 Å². The molecule has 0 spiro atoms. The summed E-state index contributed by atoms with van der Waals surface area (Å²) < 4.78 is 0. The van der Waals surface area contributed by atoms with Gasteiger partial charge in [-0.3, -0.25) is 4.90 Å². The smallest absolute Gasteiger partial charge is 0.0945 e. The van der Waals surface area contributed by atoms with Crippen LogP contribution in [0.4, 0.5) is 0 Å². The van der Waals surface area contributed by atoms with E-state index in [4.69, 9.17) is 0 Å². The molecular formula is C14H21NO. The molecule has 0 bridgehead atoms. The van der Waals surface area contributed by atoms with Gasteiger partial charge in [-0.1, -0.05) is 30.3 Å². The Hall–Kier alpha value is -0.860. The fourth-order valence-corrected chi connectivity index (χ4v) is 2.67. The number of hydrogen-bond acceptors (Lipinski definition) is 2. The fourth-order valence-electron chi connectivity index (χ4n) is 2.67. The minimum Gasteiger partial charge on any atom is -0.387 e. The zero-order chi connectivity index (χ0) is 11.5. The van der Waals surface area contributed by atoms with Crippen LogP contribution in [-0.4, -0.2) is 28.6 Å². The lowest BCUT2D eigenvalue weighted by atomic mass is 10.00. The molecule has 1 aromatic carbocycles. The molecule has 16 heavy (non-hydrogen) atoms. The zero-order valence-corrected chi connectivity index (χ0v) is 10.1. The van der Waals surface area contributed by atoms with Gasteiger partial charge in [0.1, 0.15) is 0 Å². The monoisotopic (exact) mass is 219 g/mol. The van der Waals surface area contributed by atoms with Crippen molar-refractivity contribution in [3.05, 3.63) is 35.9 Å². The topological polar surface area (TPSA) is 23.5 Å². The third-order valence-corrected chi connectivity index (χ3v) is 3.51. The largest absolute Gasteiger partial charge is 0.387 e. The molecule has 2 heteroatoms. The number of aliphatic hydroxyl groups excluding tert-OH is 1. The van der Waals surface area contributed by atoms with E-state index in [1.54, 1.807) is 0 Å². The van der Waals surface area contributed by atoms with Crippen molar-refractivity contribution in [2.45, 2.75) is 44.9 Å². The average Bonchev–Trinajstić information content (AvgIpc) is 2.78. The molecule has 1 heterocycles. The Morgan fingerprint density at radius 3 is 2.56 bits per heavy atom. The van der Waals surface area contributed by atoms with Crippen molar-refractivity contribution >= 4 is 0 Å². The molecule has 2 unspecified atom stereocenters. The first kappa shape index (κ1) is 11.6. The lowest BCUT2D eigenvalue weighted by Gasteiger charge is -2.31. The summed E-state index contributed by atoms with van der Waals surface area (Å²) in [5.41, 5.74) is 1.04. The summed E-state index contributed by atoms with van der Waals surface area (Å²) in [6.07, 6.45) is 1.96. The van der Waals surface area contributed by atoms with Gasteiger partial charge in [-0.15, -0.1) is 0 Å². The van der Waals surface area contributed by atoms with Crippen LogP contribution < -0.4 is 0 Å². The summed E-state index contributed by atoms with van der Waals surface area (Å²) in [5, 5.41) is 10.4. The van der Waals surface area contributed by atoms with Crippen molar-refractivity contribution in [1.29, 1.82) is 0 Å². The third-order valence-electron chi connectivity index (χ3n) is 3.51. The Kier molecular flexibility index (Phi) is 3.62. The van der Waals surface area contributed by atoms with E-state index < -0.39 is 0 Å². The number of benzene rings is 1. The van der Waals surface area contributed by atoms with E-state index in [2.05, 4.69) is 18.7 Å². The molecule has 1 N–H and O–H groups in total. The second-order valence-corrected chi connectivity index (χ2v) is 4.90. The molecule has 1 aliphatic heterocycles. The standard InChI is InChI=1S/C14H21NO/c1-11(2)15-10-6-9-13(15)14(16)12-7-4-3-5-8-12/h3-5,7-8,11,13-14,16H,6,9-10H2,1-2H3. The first-order chi connectivity index (χ1) is 7.70. The molecule has 2 nitrogen and oxygen atoms in total. The van der Waals surface area contributed by atoms with Gasteiger partial charge in [-0.05, 0) is 38.8 Å². The predicted octanol–water partition coefficient (Wildman–Crippen LogP) is 2.59. The molecule has 0 amide bonds. The maximum absolute atomic E-state index is 10.4. The van der Waals surface area contributed by atoms with Crippen molar-refractivity contribution in [2.24, 2.45) is 0 Å². The minimum atomic E-state index is -0.342. The molecule has 1 aromatic rings. The van der Waals surface area contributed by atoms with Crippen molar-refractivity contribution < 1.29 is 5.11 Å². The van der Waals surface area contributed by atoms with E-state index in [-0.39, 0.29) is 6.10 Å². The van der Waals surface area contributed by atoms with Crippen LogP contribution in [0, 0.1) is 0 Å². The van der Waals surface area contributed by atoms with Crippen molar-refractivity contribution in [3.63, 3.8) is 0 Å². The normalized spacial score (nSPS) is 23.9. The number of nitrogens with zero attached hydrogens (tertiary/aromatic N) is 1. The van der Waals surface area contributed by atoms with Crippen LogP contribution in [0.15, 0.2) is 30.3 Å². The second-order valence-electron chi connectivity index (χ2n) is 4.90. The maximum Gasteiger partial charge on any atom is 0.0945 e. The van der Waals surface area contributed by atoms with Crippen LogP contribution >= 0.6 is 0 Å². The highest BCUT2D eigenvalue weighted by molar-refractivity contribution is 5.19. The highest BCUT2D eigenvalue weighted by Crippen LogP contribution is 2.30. The summed E-state index contributed by atoms with van der Waals surface area (Å²) in [5.74, 6) is 0. The SMILES string of the molecule is CC(C)N1CCCC1C(O)c1ccccc1. The van der Waals surface area contributed by atoms with Crippen LogP contribution in [-0.2, 0) is 0 Å². The van der Waals surface area contributed by atoms with Crippen LogP contribution in [0.1, 0.15) is 38.4 Å². The summed E-state index contributed by atoms with van der Waals surface area (Å²) >= 11 is 0. The van der Waals surface area contributed by atoms with Crippen molar-refractivity contribution in [1.82, 2.24) is 4.90 Å². The van der Waals surface area contributed by atoms with Gasteiger partial charge < -0.3 is 5.11 Å². The highest BCUT2D eigenvalue weighted by atomic mass is 16.3. The van der Waals surface area contributed by atoms with Crippen LogP contribution in [0.2, 0.25) is 0 Å². The van der Waals surface area contributed by atoms with Gasteiger partial charge in [0.25, 0.3) is 0 Å². The van der Waals surface area contributed by atoms with E-state index in [1.807, 2.05) is 30.3 Å². The van der Waals surface area contributed by atoms with Crippen molar-refractivity contribution in [3.8, 4) is 0 Å². The Morgan fingerprint density at radius 1 is 1.25 bits per heavy atom. The number of aliphatic hydroxyl groups is 1. The summed E-state index contributed by atoms with van der Waals surface area (Å²) in [7, 11) is 0. The van der Waals surface area contributed by atoms with Crippen molar-refractivity contribution in [2.75, 3.05) is 6.54 Å². The quantitative estimate of drug-likeness (QED) is 0.844. The first-order valence-electron chi connectivity index (χ1n) is 6.19. The number of hydrogen-bond donors (Lipinski definition) is 1. The van der Waals surface area contributed by atoms with Gasteiger partial charge in [0, 0.05) is 12.1 Å². The molecule has 2 atom stereocenters. The predicted molar refractivity (Wildman–Crippen MR) is 66.3 cm³/mol. The van der Waals surface area contributed by atoms with Crippen LogP contribution in [0.5, 0.6) is 0 Å². The Morgan fingerprint density at radius 2 is 1.94 bits per heavy atom. The lowest BCUT2D eigenvalue weighted by Crippen LogP contribution is -2.39. The van der Waals surface area contributed by atoms with E-state index in [0.29, 0.717) is 12.1 Å². The molecule has 0 saturated carbocycles. The molecule has 1 fully saturated rings. The summed E-state index contributed by atoms with van der Waals surface area (Å²) in [6, 6.07) is 10.8. The van der Waals surface area contributed by atoms with Gasteiger partial charge in [0.05, 0.1) is 6.10 Å². The zero-order valence-electron chi connectivity index (χ0n) is 10.1. The van der Waals surface area contributed by atoms with Gasteiger partial charge in [-0.25, -0.2) is 0 Å². The molecule has 1 aliphatic rings. The number of rotatable bonds is 3. The first-order valence-corrected chi connectivity index (χ1v) is 6.19. The van der Waals surface area contributed by atoms with E-state index >= 15 is 0 Å². The average molecular weight is 219 g/mol. The molecule has 0 aliphatic carbocycles. The minimum absolute atomic E-state index is 0.294. The van der Waals surface area contributed by atoms with E-state index in [1.165, 1.54) is 6.42 Å². The fraction of sp³-hybridized carbons (Fsp3) is 0.571. The van der Waals surface area contributed by atoms with Crippen LogP contribution in [0.25, 0.3) is 0 Å². The van der Waals surface area contributed by atoms with Gasteiger partial charge in [0.15, 0.2) is 0 Å². The molecule has 0 aromatic heterocycles. The molecule has 0 radical (unpaired) electrons. The molecule has 2 rings (SSSR count). The molecular weight excluding hydrogens is 198 g/mol. The summed E-state index contributed by atoms with van der Waals surface area (Å²) in [6.45, 7) is 5.53. The highest BCUT2D eigenvalue weighted by Gasteiger charge is 2.32.